The number of nitrogens with one attached hydrogen (secondary N) is 1. The lowest BCUT2D eigenvalue weighted by Gasteiger charge is -2.27. The van der Waals surface area contributed by atoms with Crippen molar-refractivity contribution in [3.05, 3.63) is 34.1 Å². The van der Waals surface area contributed by atoms with Crippen LogP contribution in [0.15, 0.2) is 23.1 Å². The molecule has 1 aromatic rings. The van der Waals surface area contributed by atoms with Gasteiger partial charge in [0.05, 0.1) is 9.82 Å². The minimum absolute atomic E-state index is 0.309. The van der Waals surface area contributed by atoms with Gasteiger partial charge in [-0.3, -0.25) is 10.1 Å². The normalized spacial score (nSPS) is 23.0. The second-order valence-electron chi connectivity index (χ2n) is 4.90. The van der Waals surface area contributed by atoms with Crippen molar-refractivity contribution in [1.29, 1.82) is 0 Å². The van der Waals surface area contributed by atoms with E-state index >= 15 is 0 Å². The fourth-order valence-corrected chi connectivity index (χ4v) is 4.03. The first-order valence-electron chi connectivity index (χ1n) is 6.41. The molecule has 0 aliphatic heterocycles. The second kappa shape index (κ2) is 6.25. The minimum Gasteiger partial charge on any atom is -0.258 e. The highest BCUT2D eigenvalue weighted by atomic mass is 35.5. The molecule has 1 aliphatic rings. The summed E-state index contributed by atoms with van der Waals surface area (Å²) in [6.45, 7) is 0. The summed E-state index contributed by atoms with van der Waals surface area (Å²) in [6.07, 6.45) is 3.13. The minimum atomic E-state index is -3.95. The Morgan fingerprint density at radius 3 is 2.57 bits per heavy atom. The molecule has 0 amide bonds. The van der Waals surface area contributed by atoms with E-state index in [9.17, 15) is 22.9 Å². The van der Waals surface area contributed by atoms with Gasteiger partial charge in [-0.1, -0.05) is 12.8 Å². The summed E-state index contributed by atoms with van der Waals surface area (Å²) in [5, 5.41) is 10.2. The van der Waals surface area contributed by atoms with E-state index in [1.165, 1.54) is 0 Å². The van der Waals surface area contributed by atoms with E-state index in [0.29, 0.717) is 18.9 Å². The van der Waals surface area contributed by atoms with Crippen molar-refractivity contribution in [1.82, 2.24) is 4.72 Å². The zero-order valence-electron chi connectivity index (χ0n) is 11.0. The molecule has 21 heavy (non-hydrogen) atoms. The number of sulfonamides is 1. The molecule has 0 radical (unpaired) electrons. The average Bonchev–Trinajstić information content (AvgIpc) is 2.40. The van der Waals surface area contributed by atoms with E-state index in [1.54, 1.807) is 0 Å². The summed E-state index contributed by atoms with van der Waals surface area (Å²) in [5.41, 5.74) is -0.762. The van der Waals surface area contributed by atoms with Crippen LogP contribution in [-0.4, -0.2) is 24.8 Å². The lowest BCUT2D eigenvalue weighted by molar-refractivity contribution is -0.387. The highest BCUT2D eigenvalue weighted by Gasteiger charge is 2.29. The first kappa shape index (κ1) is 16.1. The molecule has 0 spiro atoms. The van der Waals surface area contributed by atoms with Crippen LogP contribution in [0.25, 0.3) is 0 Å². The molecular formula is C12H14ClFN2O4S. The van der Waals surface area contributed by atoms with Crippen LogP contribution >= 0.6 is 11.6 Å². The number of rotatable bonds is 4. The van der Waals surface area contributed by atoms with Gasteiger partial charge in [0, 0.05) is 23.6 Å². The highest BCUT2D eigenvalue weighted by molar-refractivity contribution is 7.89. The van der Waals surface area contributed by atoms with Gasteiger partial charge in [-0.25, -0.2) is 13.1 Å². The van der Waals surface area contributed by atoms with Crippen LogP contribution in [0.2, 0.25) is 0 Å². The smallest absolute Gasteiger partial charge is 0.258 e. The molecule has 9 heteroatoms. The Balaban J connectivity index is 2.23. The van der Waals surface area contributed by atoms with Gasteiger partial charge < -0.3 is 0 Å². The maximum Gasteiger partial charge on any atom is 0.304 e. The number of halogens is 2. The van der Waals surface area contributed by atoms with Gasteiger partial charge in [-0.05, 0) is 18.9 Å². The third-order valence-corrected chi connectivity index (χ3v) is 5.42. The largest absolute Gasteiger partial charge is 0.304 e. The molecule has 1 N–H and O–H groups in total. The van der Waals surface area contributed by atoms with E-state index < -0.39 is 32.5 Å². The molecule has 116 valence electrons. The predicted octanol–water partition coefficient (Wildman–Crippen LogP) is 2.56. The first-order chi connectivity index (χ1) is 9.81. The fourth-order valence-electron chi connectivity index (χ4n) is 2.29. The van der Waals surface area contributed by atoms with Crippen molar-refractivity contribution in [2.24, 2.45) is 0 Å². The van der Waals surface area contributed by atoms with Crippen molar-refractivity contribution in [3.8, 4) is 0 Å². The summed E-state index contributed by atoms with van der Waals surface area (Å²) < 4.78 is 40.3. The second-order valence-corrected chi connectivity index (χ2v) is 7.17. The lowest BCUT2D eigenvalue weighted by atomic mass is 9.96. The summed E-state index contributed by atoms with van der Waals surface area (Å²) in [5.74, 6) is -1.19. The van der Waals surface area contributed by atoms with Crippen LogP contribution in [0.5, 0.6) is 0 Å². The van der Waals surface area contributed by atoms with Crippen molar-refractivity contribution < 1.29 is 17.7 Å². The zero-order chi connectivity index (χ0) is 15.6. The van der Waals surface area contributed by atoms with Crippen LogP contribution in [0.4, 0.5) is 10.1 Å². The number of benzene rings is 1. The lowest BCUT2D eigenvalue weighted by Crippen LogP contribution is -2.42. The van der Waals surface area contributed by atoms with Crippen molar-refractivity contribution >= 4 is 27.3 Å². The van der Waals surface area contributed by atoms with Gasteiger partial charge in [-0.2, -0.15) is 4.39 Å². The zero-order valence-corrected chi connectivity index (χ0v) is 12.5. The third kappa shape index (κ3) is 3.69. The fraction of sp³-hybridized carbons (Fsp3) is 0.500. The van der Waals surface area contributed by atoms with Gasteiger partial charge in [0.15, 0.2) is 0 Å². The van der Waals surface area contributed by atoms with Gasteiger partial charge in [0.2, 0.25) is 15.8 Å². The molecule has 1 aromatic carbocycles. The van der Waals surface area contributed by atoms with Gasteiger partial charge >= 0.3 is 5.69 Å². The summed E-state index contributed by atoms with van der Waals surface area (Å²) in [7, 11) is -3.95. The molecule has 1 fully saturated rings. The maximum atomic E-state index is 13.5. The summed E-state index contributed by atoms with van der Waals surface area (Å²) >= 11 is 6.08. The quantitative estimate of drug-likeness (QED) is 0.520. The SMILES string of the molecule is O=[N+]([O-])c1ccc(S(=O)(=O)NC2CCCCC2Cl)cc1F. The van der Waals surface area contributed by atoms with E-state index in [4.69, 9.17) is 11.6 Å². The molecule has 6 nitrogen and oxygen atoms in total. The van der Waals surface area contributed by atoms with Gasteiger partial charge in [0.25, 0.3) is 0 Å². The predicted molar refractivity (Wildman–Crippen MR) is 75.3 cm³/mol. The van der Waals surface area contributed by atoms with Crippen molar-refractivity contribution in [3.63, 3.8) is 0 Å². The van der Waals surface area contributed by atoms with Crippen molar-refractivity contribution in [2.45, 2.75) is 42.0 Å². The first-order valence-corrected chi connectivity index (χ1v) is 8.33. The molecule has 0 heterocycles. The van der Waals surface area contributed by atoms with Crippen molar-refractivity contribution in [2.75, 3.05) is 0 Å². The Hall–Kier alpha value is -1.25. The standard InChI is InChI=1S/C12H14ClFN2O4S/c13-9-3-1-2-4-11(9)15-21(19,20)8-5-6-12(16(17)18)10(14)7-8/h5-7,9,11,15H,1-4H2. The Bertz CT molecular complexity index is 653. The molecule has 2 unspecified atom stereocenters. The highest BCUT2D eigenvalue weighted by Crippen LogP contribution is 2.26. The molecule has 0 aromatic heterocycles. The van der Waals surface area contributed by atoms with E-state index in [0.717, 1.165) is 25.0 Å². The van der Waals surface area contributed by atoms with Gasteiger partial charge in [-0.15, -0.1) is 11.6 Å². The van der Waals surface area contributed by atoms with Crippen LogP contribution in [0, 0.1) is 15.9 Å². The molecule has 1 aliphatic carbocycles. The van der Waals surface area contributed by atoms with Crippen LogP contribution in [0.3, 0.4) is 0 Å². The van der Waals surface area contributed by atoms with E-state index in [-0.39, 0.29) is 10.3 Å². The number of hydrogen-bond acceptors (Lipinski definition) is 4. The third-order valence-electron chi connectivity index (χ3n) is 3.41. The number of alkyl halides is 1. The molecule has 2 rings (SSSR count). The molecule has 2 atom stereocenters. The van der Waals surface area contributed by atoms with Crippen LogP contribution < -0.4 is 4.72 Å². The monoisotopic (exact) mass is 336 g/mol. The number of hydrogen-bond donors (Lipinski definition) is 1. The van der Waals surface area contributed by atoms with E-state index in [1.807, 2.05) is 0 Å². The number of nitrogens with zero attached hydrogens (tertiary/aromatic N) is 1. The van der Waals surface area contributed by atoms with E-state index in [2.05, 4.69) is 4.72 Å². The molecule has 1 saturated carbocycles. The van der Waals surface area contributed by atoms with Crippen LogP contribution in [0.1, 0.15) is 25.7 Å². The Morgan fingerprint density at radius 1 is 1.33 bits per heavy atom. The molecule has 0 bridgehead atoms. The Labute approximate surface area is 126 Å². The topological polar surface area (TPSA) is 89.3 Å². The summed E-state index contributed by atoms with van der Waals surface area (Å²) in [4.78, 5) is 9.27. The summed E-state index contributed by atoms with van der Waals surface area (Å²) in [6, 6.07) is 2.08. The number of nitro groups is 1. The average molecular weight is 337 g/mol. The Morgan fingerprint density at radius 2 is 2.00 bits per heavy atom. The maximum absolute atomic E-state index is 13.5. The van der Waals surface area contributed by atoms with Crippen LogP contribution in [-0.2, 0) is 10.0 Å². The molecule has 0 saturated heterocycles. The Kier molecular flexibility index (Phi) is 4.80. The number of nitro benzene ring substituents is 1. The molecular weight excluding hydrogens is 323 g/mol. The van der Waals surface area contributed by atoms with Gasteiger partial charge in [0.1, 0.15) is 0 Å².